The molecule has 0 unspecified atom stereocenters. The summed E-state index contributed by atoms with van der Waals surface area (Å²) in [6.45, 7) is 5.99. The molecule has 21 heavy (non-hydrogen) atoms. The molecule has 1 fully saturated rings. The lowest BCUT2D eigenvalue weighted by Crippen LogP contribution is -2.33. The second kappa shape index (κ2) is 6.35. The van der Waals surface area contributed by atoms with Crippen LogP contribution in [0.4, 0.5) is 0 Å². The van der Waals surface area contributed by atoms with Crippen molar-refractivity contribution in [3.05, 3.63) is 33.2 Å². The highest BCUT2D eigenvalue weighted by atomic mass is 16.1. The number of nitrogens with one attached hydrogen (secondary N) is 1. The van der Waals surface area contributed by atoms with Gasteiger partial charge in [-0.1, -0.05) is 26.7 Å². The third-order valence-electron chi connectivity index (χ3n) is 4.91. The van der Waals surface area contributed by atoms with Gasteiger partial charge in [-0.3, -0.25) is 4.79 Å². The summed E-state index contributed by atoms with van der Waals surface area (Å²) in [5, 5.41) is 3.60. The Bertz CT molecular complexity index is 553. The van der Waals surface area contributed by atoms with Crippen LogP contribution in [-0.4, -0.2) is 10.6 Å². The molecule has 2 aliphatic carbocycles. The van der Waals surface area contributed by atoms with Crippen LogP contribution in [0.15, 0.2) is 10.9 Å². The number of pyridine rings is 1. The Morgan fingerprint density at radius 2 is 2.00 bits per heavy atom. The molecular formula is C18H28N2O. The van der Waals surface area contributed by atoms with Crippen molar-refractivity contribution >= 4 is 0 Å². The van der Waals surface area contributed by atoms with Crippen LogP contribution in [0.2, 0.25) is 0 Å². The van der Waals surface area contributed by atoms with E-state index in [0.717, 1.165) is 31.5 Å². The van der Waals surface area contributed by atoms with Gasteiger partial charge in [0.1, 0.15) is 0 Å². The number of aromatic nitrogens is 1. The van der Waals surface area contributed by atoms with Gasteiger partial charge in [0.15, 0.2) is 0 Å². The molecule has 3 nitrogen and oxygen atoms in total. The van der Waals surface area contributed by atoms with Crippen molar-refractivity contribution in [3.63, 3.8) is 0 Å². The van der Waals surface area contributed by atoms with Crippen LogP contribution in [0.5, 0.6) is 0 Å². The lowest BCUT2D eigenvalue weighted by molar-refractivity contribution is 0.486. The Morgan fingerprint density at radius 1 is 1.24 bits per heavy atom. The normalized spacial score (nSPS) is 18.6. The van der Waals surface area contributed by atoms with Crippen molar-refractivity contribution < 1.29 is 0 Å². The van der Waals surface area contributed by atoms with Gasteiger partial charge in [0.05, 0.1) is 0 Å². The molecule has 1 saturated carbocycles. The number of aryl methyl sites for hydroxylation is 1. The monoisotopic (exact) mass is 288 g/mol. The van der Waals surface area contributed by atoms with E-state index in [2.05, 4.69) is 29.8 Å². The number of fused-ring (bicyclic) bond motifs is 1. The average Bonchev–Trinajstić information content (AvgIpc) is 3.10. The molecule has 0 bridgehead atoms. The first-order valence-electron chi connectivity index (χ1n) is 8.63. The van der Waals surface area contributed by atoms with E-state index in [-0.39, 0.29) is 5.56 Å². The van der Waals surface area contributed by atoms with Crippen molar-refractivity contribution in [2.45, 2.75) is 77.9 Å². The highest BCUT2D eigenvalue weighted by molar-refractivity contribution is 5.30. The first-order chi connectivity index (χ1) is 10.1. The maximum Gasteiger partial charge on any atom is 0.255 e. The van der Waals surface area contributed by atoms with Crippen LogP contribution in [0.25, 0.3) is 0 Å². The fraction of sp³-hybridized carbons (Fsp3) is 0.722. The maximum absolute atomic E-state index is 12.8. The molecule has 3 heteroatoms. The van der Waals surface area contributed by atoms with Crippen LogP contribution < -0.4 is 10.9 Å². The van der Waals surface area contributed by atoms with Crippen LogP contribution in [-0.2, 0) is 25.9 Å². The van der Waals surface area contributed by atoms with E-state index in [1.54, 1.807) is 0 Å². The molecule has 0 spiro atoms. The first-order valence-corrected chi connectivity index (χ1v) is 8.63. The van der Waals surface area contributed by atoms with Crippen molar-refractivity contribution in [3.8, 4) is 0 Å². The molecule has 0 amide bonds. The summed E-state index contributed by atoms with van der Waals surface area (Å²) in [7, 11) is 0. The van der Waals surface area contributed by atoms with Gasteiger partial charge in [-0.2, -0.15) is 0 Å². The van der Waals surface area contributed by atoms with Gasteiger partial charge in [-0.25, -0.2) is 0 Å². The molecule has 0 atom stereocenters. The SMILES string of the molecule is CC(C)Cn1c2c(cc(CNC3CCCC3)c1=O)CCC2. The molecule has 3 rings (SSSR count). The molecule has 116 valence electrons. The smallest absolute Gasteiger partial charge is 0.255 e. The van der Waals surface area contributed by atoms with Gasteiger partial charge < -0.3 is 9.88 Å². The lowest BCUT2D eigenvalue weighted by atomic mass is 10.1. The van der Waals surface area contributed by atoms with Crippen LogP contribution >= 0.6 is 0 Å². The Hall–Kier alpha value is -1.09. The summed E-state index contributed by atoms with van der Waals surface area (Å²) in [6.07, 6.45) is 8.62. The number of nitrogens with zero attached hydrogens (tertiary/aromatic N) is 1. The summed E-state index contributed by atoms with van der Waals surface area (Å²) in [5.74, 6) is 0.519. The molecule has 0 saturated heterocycles. The van der Waals surface area contributed by atoms with Crippen molar-refractivity contribution in [1.29, 1.82) is 0 Å². The van der Waals surface area contributed by atoms with E-state index < -0.39 is 0 Å². The van der Waals surface area contributed by atoms with Crippen LogP contribution in [0, 0.1) is 5.92 Å². The Balaban J connectivity index is 1.84. The minimum Gasteiger partial charge on any atom is -0.312 e. The fourth-order valence-electron chi connectivity index (χ4n) is 3.85. The minimum absolute atomic E-state index is 0.245. The summed E-state index contributed by atoms with van der Waals surface area (Å²) >= 11 is 0. The molecule has 1 N–H and O–H groups in total. The first kappa shape index (κ1) is 14.8. The topological polar surface area (TPSA) is 34.0 Å². The summed E-state index contributed by atoms with van der Waals surface area (Å²) < 4.78 is 2.07. The standard InChI is InChI=1S/C18H28N2O/c1-13(2)12-20-17-9-5-6-14(17)10-15(18(20)21)11-19-16-7-3-4-8-16/h10,13,16,19H,3-9,11-12H2,1-2H3. The highest BCUT2D eigenvalue weighted by Crippen LogP contribution is 2.23. The molecule has 1 heterocycles. The Kier molecular flexibility index (Phi) is 4.48. The van der Waals surface area contributed by atoms with E-state index in [4.69, 9.17) is 0 Å². The lowest BCUT2D eigenvalue weighted by Gasteiger charge is -2.18. The molecule has 0 aromatic carbocycles. The van der Waals surface area contributed by atoms with Gasteiger partial charge in [-0.15, -0.1) is 0 Å². The van der Waals surface area contributed by atoms with Gasteiger partial charge in [0, 0.05) is 30.4 Å². The Morgan fingerprint density at radius 3 is 2.71 bits per heavy atom. The van der Waals surface area contributed by atoms with Crippen molar-refractivity contribution in [2.24, 2.45) is 5.92 Å². The van der Waals surface area contributed by atoms with E-state index in [0.29, 0.717) is 12.0 Å². The predicted molar refractivity (Wildman–Crippen MR) is 86.7 cm³/mol. The fourth-order valence-corrected chi connectivity index (χ4v) is 3.85. The van der Waals surface area contributed by atoms with Crippen molar-refractivity contribution in [1.82, 2.24) is 9.88 Å². The maximum atomic E-state index is 12.8. The largest absolute Gasteiger partial charge is 0.312 e. The number of hydrogen-bond acceptors (Lipinski definition) is 2. The highest BCUT2D eigenvalue weighted by Gasteiger charge is 2.20. The predicted octanol–water partition coefficient (Wildman–Crippen LogP) is 3.03. The molecule has 0 radical (unpaired) electrons. The van der Waals surface area contributed by atoms with E-state index in [1.807, 2.05) is 0 Å². The molecular weight excluding hydrogens is 260 g/mol. The van der Waals surface area contributed by atoms with Crippen LogP contribution in [0.3, 0.4) is 0 Å². The molecule has 2 aliphatic rings. The summed E-state index contributed by atoms with van der Waals surface area (Å²) in [4.78, 5) is 12.8. The van der Waals surface area contributed by atoms with Gasteiger partial charge in [0.25, 0.3) is 5.56 Å². The van der Waals surface area contributed by atoms with Gasteiger partial charge >= 0.3 is 0 Å². The van der Waals surface area contributed by atoms with Crippen molar-refractivity contribution in [2.75, 3.05) is 0 Å². The second-order valence-electron chi connectivity index (χ2n) is 7.17. The van der Waals surface area contributed by atoms with Gasteiger partial charge in [-0.05, 0) is 49.7 Å². The van der Waals surface area contributed by atoms with Crippen LogP contribution in [0.1, 0.15) is 62.8 Å². The van der Waals surface area contributed by atoms with E-state index in [1.165, 1.54) is 43.4 Å². The number of rotatable bonds is 5. The zero-order valence-corrected chi connectivity index (χ0v) is 13.5. The average molecular weight is 288 g/mol. The quantitative estimate of drug-likeness (QED) is 0.903. The third-order valence-corrected chi connectivity index (χ3v) is 4.91. The molecule has 1 aromatic heterocycles. The third kappa shape index (κ3) is 3.23. The number of hydrogen-bond donors (Lipinski definition) is 1. The summed E-state index contributed by atoms with van der Waals surface area (Å²) in [6, 6.07) is 2.81. The van der Waals surface area contributed by atoms with Gasteiger partial charge in [0.2, 0.25) is 0 Å². The molecule has 1 aromatic rings. The van der Waals surface area contributed by atoms with E-state index >= 15 is 0 Å². The Labute approximate surface area is 127 Å². The zero-order chi connectivity index (χ0) is 14.8. The molecule has 0 aliphatic heterocycles. The van der Waals surface area contributed by atoms with E-state index in [9.17, 15) is 4.79 Å². The summed E-state index contributed by atoms with van der Waals surface area (Å²) in [5.41, 5.74) is 3.94. The second-order valence-corrected chi connectivity index (χ2v) is 7.17. The zero-order valence-electron chi connectivity index (χ0n) is 13.5. The minimum atomic E-state index is 0.245.